The summed E-state index contributed by atoms with van der Waals surface area (Å²) in [5, 5.41) is 2.70. The third kappa shape index (κ3) is 6.04. The van der Waals surface area contributed by atoms with Gasteiger partial charge in [0.05, 0.1) is 18.3 Å². The molecular weight excluding hydrogens is 318 g/mol. The maximum absolute atomic E-state index is 12.2. The lowest BCUT2D eigenvalue weighted by atomic mass is 10.1. The Kier molecular flexibility index (Phi) is 6.71. The molecule has 5 heteroatoms. The molecule has 2 aromatic carbocycles. The van der Waals surface area contributed by atoms with Crippen LogP contribution in [0.25, 0.3) is 0 Å². The maximum Gasteiger partial charge on any atom is 0.338 e. The van der Waals surface area contributed by atoms with E-state index in [1.54, 1.807) is 31.2 Å². The van der Waals surface area contributed by atoms with Gasteiger partial charge in [-0.3, -0.25) is 4.79 Å². The molecule has 0 unspecified atom stereocenters. The summed E-state index contributed by atoms with van der Waals surface area (Å²) in [6.45, 7) is 5.96. The third-order valence-electron chi connectivity index (χ3n) is 3.47. The first-order valence-electron chi connectivity index (χ1n) is 8.23. The number of benzene rings is 2. The van der Waals surface area contributed by atoms with Crippen LogP contribution in [0.15, 0.2) is 54.6 Å². The molecule has 0 spiro atoms. The topological polar surface area (TPSA) is 64.6 Å². The van der Waals surface area contributed by atoms with E-state index in [1.165, 1.54) is 0 Å². The Labute approximate surface area is 148 Å². The van der Waals surface area contributed by atoms with Crippen molar-refractivity contribution in [3.63, 3.8) is 0 Å². The summed E-state index contributed by atoms with van der Waals surface area (Å²) in [5.74, 6) is -0.909. The highest BCUT2D eigenvalue weighted by molar-refractivity contribution is 5.97. The summed E-state index contributed by atoms with van der Waals surface area (Å²) in [6, 6.07) is 16.0. The van der Waals surface area contributed by atoms with Crippen LogP contribution < -0.4 is 5.32 Å². The van der Waals surface area contributed by atoms with Gasteiger partial charge in [0.25, 0.3) is 5.91 Å². The molecule has 1 N–H and O–H groups in total. The molecule has 0 fully saturated rings. The number of hydrogen-bond donors (Lipinski definition) is 1. The molecule has 5 nitrogen and oxygen atoms in total. The van der Waals surface area contributed by atoms with Gasteiger partial charge in [-0.15, -0.1) is 0 Å². The minimum atomic E-state index is -0.892. The van der Waals surface area contributed by atoms with Crippen LogP contribution >= 0.6 is 0 Å². The molecule has 1 amide bonds. The highest BCUT2D eigenvalue weighted by Crippen LogP contribution is 2.11. The predicted molar refractivity (Wildman–Crippen MR) is 96.3 cm³/mol. The summed E-state index contributed by atoms with van der Waals surface area (Å²) in [7, 11) is 0. The lowest BCUT2D eigenvalue weighted by molar-refractivity contribution is -0.123. The molecule has 2 aromatic rings. The SMILES string of the molecule is CC(C)OCc1ccc(C(=O)O[C@@H](C)C(=O)Nc2ccccc2)cc1. The van der Waals surface area contributed by atoms with Crippen LogP contribution in [0, 0.1) is 0 Å². The van der Waals surface area contributed by atoms with Gasteiger partial charge >= 0.3 is 5.97 Å². The molecule has 1 atom stereocenters. The average Bonchev–Trinajstić information content (AvgIpc) is 2.61. The average molecular weight is 341 g/mol. The number of hydrogen-bond acceptors (Lipinski definition) is 4. The van der Waals surface area contributed by atoms with Crippen molar-refractivity contribution < 1.29 is 19.1 Å². The van der Waals surface area contributed by atoms with E-state index in [0.29, 0.717) is 17.9 Å². The second-order valence-electron chi connectivity index (χ2n) is 5.96. The van der Waals surface area contributed by atoms with Gasteiger partial charge in [0.1, 0.15) is 0 Å². The van der Waals surface area contributed by atoms with Crippen LogP contribution in [0.5, 0.6) is 0 Å². The van der Waals surface area contributed by atoms with Crippen molar-refractivity contribution in [1.29, 1.82) is 0 Å². The molecule has 0 saturated heterocycles. The van der Waals surface area contributed by atoms with Gasteiger partial charge in [0.15, 0.2) is 6.10 Å². The Bertz CT molecular complexity index is 695. The third-order valence-corrected chi connectivity index (χ3v) is 3.47. The van der Waals surface area contributed by atoms with Crippen molar-refractivity contribution in [2.75, 3.05) is 5.32 Å². The van der Waals surface area contributed by atoms with Gasteiger partial charge in [0, 0.05) is 5.69 Å². The highest BCUT2D eigenvalue weighted by Gasteiger charge is 2.19. The minimum Gasteiger partial charge on any atom is -0.449 e. The number of carbonyl (C=O) groups is 2. The number of rotatable bonds is 7. The lowest BCUT2D eigenvalue weighted by Crippen LogP contribution is -2.29. The van der Waals surface area contributed by atoms with Crippen LogP contribution in [0.1, 0.15) is 36.7 Å². The smallest absolute Gasteiger partial charge is 0.338 e. The molecule has 0 bridgehead atoms. The van der Waals surface area contributed by atoms with Crippen LogP contribution in [0.4, 0.5) is 5.69 Å². The molecule has 0 aromatic heterocycles. The number of ether oxygens (including phenoxy) is 2. The Morgan fingerprint density at radius 1 is 0.960 bits per heavy atom. The number of nitrogens with one attached hydrogen (secondary N) is 1. The summed E-state index contributed by atoms with van der Waals surface area (Å²) < 4.78 is 10.7. The zero-order chi connectivity index (χ0) is 18.2. The first-order chi connectivity index (χ1) is 12.0. The molecule has 0 aliphatic heterocycles. The van der Waals surface area contributed by atoms with Gasteiger partial charge < -0.3 is 14.8 Å². The fraction of sp³-hybridized carbons (Fsp3) is 0.300. The lowest BCUT2D eigenvalue weighted by Gasteiger charge is -2.14. The van der Waals surface area contributed by atoms with Gasteiger partial charge in [0.2, 0.25) is 0 Å². The Balaban J connectivity index is 1.88. The van der Waals surface area contributed by atoms with Crippen LogP contribution in [-0.4, -0.2) is 24.1 Å². The van der Waals surface area contributed by atoms with Crippen molar-refractivity contribution >= 4 is 17.6 Å². The molecule has 132 valence electrons. The number of anilines is 1. The maximum atomic E-state index is 12.2. The molecule has 0 heterocycles. The van der Waals surface area contributed by atoms with Crippen molar-refractivity contribution in [2.24, 2.45) is 0 Å². The zero-order valence-corrected chi connectivity index (χ0v) is 14.7. The summed E-state index contributed by atoms with van der Waals surface area (Å²) in [6.07, 6.45) is -0.745. The standard InChI is InChI=1S/C20H23NO4/c1-14(2)24-13-16-9-11-17(12-10-16)20(23)25-15(3)19(22)21-18-7-5-4-6-8-18/h4-12,14-15H,13H2,1-3H3,(H,21,22)/t15-/m0/s1. The fourth-order valence-electron chi connectivity index (χ4n) is 2.05. The van der Waals surface area contributed by atoms with Gasteiger partial charge in [-0.25, -0.2) is 4.79 Å². The second kappa shape index (κ2) is 8.99. The van der Waals surface area contributed by atoms with Crippen LogP contribution in [0.2, 0.25) is 0 Å². The van der Waals surface area contributed by atoms with Crippen molar-refractivity contribution in [3.8, 4) is 0 Å². The highest BCUT2D eigenvalue weighted by atomic mass is 16.5. The van der Waals surface area contributed by atoms with Gasteiger partial charge in [-0.2, -0.15) is 0 Å². The van der Waals surface area contributed by atoms with E-state index in [9.17, 15) is 9.59 Å². The van der Waals surface area contributed by atoms with E-state index >= 15 is 0 Å². The largest absolute Gasteiger partial charge is 0.449 e. The number of para-hydroxylation sites is 1. The van der Waals surface area contributed by atoms with E-state index in [1.807, 2.05) is 44.2 Å². The molecular formula is C20H23NO4. The van der Waals surface area contributed by atoms with Gasteiger partial charge in [-0.1, -0.05) is 30.3 Å². The Morgan fingerprint density at radius 2 is 1.60 bits per heavy atom. The number of carbonyl (C=O) groups excluding carboxylic acids is 2. The molecule has 0 aliphatic carbocycles. The summed E-state index contributed by atoms with van der Waals surface area (Å²) in [4.78, 5) is 24.2. The van der Waals surface area contributed by atoms with Crippen molar-refractivity contribution in [1.82, 2.24) is 0 Å². The minimum absolute atomic E-state index is 0.147. The first kappa shape index (κ1) is 18.7. The van der Waals surface area contributed by atoms with Crippen molar-refractivity contribution in [3.05, 3.63) is 65.7 Å². The number of amides is 1. The quantitative estimate of drug-likeness (QED) is 0.778. The molecule has 0 saturated carbocycles. The summed E-state index contributed by atoms with van der Waals surface area (Å²) >= 11 is 0. The van der Waals surface area contributed by atoms with E-state index < -0.39 is 12.1 Å². The van der Waals surface area contributed by atoms with E-state index in [-0.39, 0.29) is 12.0 Å². The van der Waals surface area contributed by atoms with Crippen molar-refractivity contribution in [2.45, 2.75) is 39.6 Å². The van der Waals surface area contributed by atoms with E-state index in [2.05, 4.69) is 5.32 Å². The van der Waals surface area contributed by atoms with E-state index in [0.717, 1.165) is 5.56 Å². The fourth-order valence-corrected chi connectivity index (χ4v) is 2.05. The predicted octanol–water partition coefficient (Wildman–Crippen LogP) is 3.80. The molecule has 25 heavy (non-hydrogen) atoms. The van der Waals surface area contributed by atoms with Crippen LogP contribution in [0.3, 0.4) is 0 Å². The number of esters is 1. The Morgan fingerprint density at radius 3 is 2.20 bits per heavy atom. The normalized spacial score (nSPS) is 11.8. The molecule has 0 radical (unpaired) electrons. The molecule has 0 aliphatic rings. The van der Waals surface area contributed by atoms with Gasteiger partial charge in [-0.05, 0) is 50.6 Å². The Hall–Kier alpha value is -2.66. The van der Waals surface area contributed by atoms with Crippen LogP contribution in [-0.2, 0) is 20.9 Å². The second-order valence-corrected chi connectivity index (χ2v) is 5.96. The zero-order valence-electron chi connectivity index (χ0n) is 14.7. The summed E-state index contributed by atoms with van der Waals surface area (Å²) in [5.41, 5.74) is 2.03. The van der Waals surface area contributed by atoms with E-state index in [4.69, 9.17) is 9.47 Å². The monoisotopic (exact) mass is 341 g/mol. The molecule has 2 rings (SSSR count). The first-order valence-corrected chi connectivity index (χ1v) is 8.23.